The van der Waals surface area contributed by atoms with E-state index in [0.29, 0.717) is 5.69 Å². The van der Waals surface area contributed by atoms with Gasteiger partial charge in [-0.2, -0.15) is 0 Å². The molecule has 0 spiro atoms. The second kappa shape index (κ2) is 5.59. The van der Waals surface area contributed by atoms with Crippen LogP contribution in [-0.2, 0) is 6.54 Å². The molecule has 0 N–H and O–H groups in total. The molecule has 2 aromatic heterocycles. The molecule has 0 aliphatic carbocycles. The predicted molar refractivity (Wildman–Crippen MR) is 101 cm³/mol. The van der Waals surface area contributed by atoms with E-state index in [1.54, 1.807) is 6.92 Å². The van der Waals surface area contributed by atoms with Gasteiger partial charge >= 0.3 is 0 Å². The van der Waals surface area contributed by atoms with Crippen molar-refractivity contribution in [3.8, 4) is 11.3 Å². The third kappa shape index (κ3) is 2.21. The maximum atomic E-state index is 12.5. The van der Waals surface area contributed by atoms with Crippen molar-refractivity contribution in [1.82, 2.24) is 14.0 Å². The first-order chi connectivity index (χ1) is 12.0. The lowest BCUT2D eigenvalue weighted by atomic mass is 10.1. The van der Waals surface area contributed by atoms with E-state index >= 15 is 0 Å². The molecule has 4 aromatic rings. The number of hydrogen-bond acceptors (Lipinski definition) is 2. The zero-order valence-electron chi connectivity index (χ0n) is 15.0. The largest absolute Gasteiger partial charge is 0.310 e. The lowest BCUT2D eigenvalue weighted by molar-refractivity contribution is 0.101. The molecule has 0 saturated heterocycles. The second-order valence-corrected chi connectivity index (χ2v) is 6.54. The number of ketones is 1. The maximum absolute atomic E-state index is 12.5. The molecule has 25 heavy (non-hydrogen) atoms. The Morgan fingerprint density at radius 2 is 1.68 bits per heavy atom. The molecule has 2 aromatic carbocycles. The van der Waals surface area contributed by atoms with Crippen molar-refractivity contribution < 1.29 is 4.79 Å². The van der Waals surface area contributed by atoms with E-state index in [4.69, 9.17) is 4.98 Å². The van der Waals surface area contributed by atoms with Crippen LogP contribution in [0.25, 0.3) is 28.1 Å². The summed E-state index contributed by atoms with van der Waals surface area (Å²) in [5.41, 5.74) is 7.00. The first-order valence-corrected chi connectivity index (χ1v) is 8.61. The zero-order chi connectivity index (χ0) is 17.7. The lowest BCUT2D eigenvalue weighted by Gasteiger charge is -2.05. The van der Waals surface area contributed by atoms with Crippen LogP contribution in [0, 0.1) is 13.8 Å². The van der Waals surface area contributed by atoms with Gasteiger partial charge in [-0.05, 0) is 44.0 Å². The number of hydrogen-bond donors (Lipinski definition) is 0. The third-order valence-electron chi connectivity index (χ3n) is 4.92. The van der Waals surface area contributed by atoms with Gasteiger partial charge in [0.1, 0.15) is 11.4 Å². The van der Waals surface area contributed by atoms with Crippen LogP contribution in [-0.4, -0.2) is 19.7 Å². The summed E-state index contributed by atoms with van der Waals surface area (Å²) in [6.45, 7) is 8.75. The molecule has 0 bridgehead atoms. The highest BCUT2D eigenvalue weighted by molar-refractivity contribution is 6.01. The number of carbonyl (C=O) groups is 1. The van der Waals surface area contributed by atoms with Gasteiger partial charge in [-0.25, -0.2) is 4.98 Å². The lowest BCUT2D eigenvalue weighted by Crippen LogP contribution is -2.00. The van der Waals surface area contributed by atoms with E-state index in [1.165, 1.54) is 11.1 Å². The van der Waals surface area contributed by atoms with E-state index in [2.05, 4.69) is 37.5 Å². The van der Waals surface area contributed by atoms with Crippen LogP contribution in [0.15, 0.2) is 42.5 Å². The fourth-order valence-electron chi connectivity index (χ4n) is 3.54. The second-order valence-electron chi connectivity index (χ2n) is 6.54. The van der Waals surface area contributed by atoms with Gasteiger partial charge in [0, 0.05) is 19.0 Å². The Balaban J connectivity index is 2.20. The van der Waals surface area contributed by atoms with Crippen LogP contribution >= 0.6 is 0 Å². The van der Waals surface area contributed by atoms with Crippen molar-refractivity contribution in [3.63, 3.8) is 0 Å². The average Bonchev–Trinajstić information content (AvgIpc) is 3.11. The summed E-state index contributed by atoms with van der Waals surface area (Å²) >= 11 is 0. The van der Waals surface area contributed by atoms with Crippen molar-refractivity contribution in [3.05, 3.63) is 59.3 Å². The Morgan fingerprint density at radius 1 is 1.04 bits per heavy atom. The minimum atomic E-state index is 0.0275. The van der Waals surface area contributed by atoms with Crippen LogP contribution in [0.3, 0.4) is 0 Å². The molecule has 0 radical (unpaired) electrons. The van der Waals surface area contributed by atoms with E-state index < -0.39 is 0 Å². The van der Waals surface area contributed by atoms with Gasteiger partial charge in [0.05, 0.1) is 11.0 Å². The van der Waals surface area contributed by atoms with E-state index in [-0.39, 0.29) is 5.78 Å². The molecule has 126 valence electrons. The summed E-state index contributed by atoms with van der Waals surface area (Å²) in [7, 11) is 0. The van der Waals surface area contributed by atoms with Crippen molar-refractivity contribution in [2.24, 2.45) is 0 Å². The summed E-state index contributed by atoms with van der Waals surface area (Å²) in [4.78, 5) is 17.4. The summed E-state index contributed by atoms with van der Waals surface area (Å²) in [5.74, 6) is 0.853. The molecule has 0 atom stereocenters. The highest BCUT2D eigenvalue weighted by atomic mass is 16.1. The van der Waals surface area contributed by atoms with Crippen molar-refractivity contribution >= 4 is 22.6 Å². The monoisotopic (exact) mass is 331 g/mol. The molecule has 4 nitrogen and oxygen atoms in total. The van der Waals surface area contributed by atoms with Crippen LogP contribution in [0.1, 0.15) is 35.5 Å². The quantitative estimate of drug-likeness (QED) is 0.506. The van der Waals surface area contributed by atoms with Crippen molar-refractivity contribution in [2.75, 3.05) is 0 Å². The first-order valence-electron chi connectivity index (χ1n) is 8.61. The molecule has 4 rings (SSSR count). The smallest absolute Gasteiger partial charge is 0.216 e. The number of Topliss-reactive ketones (excluding diaryl/α,β-unsaturated/α-hetero) is 1. The molecular weight excluding hydrogens is 310 g/mol. The number of aryl methyl sites for hydroxylation is 3. The van der Waals surface area contributed by atoms with Gasteiger partial charge in [0.2, 0.25) is 5.78 Å². The topological polar surface area (TPSA) is 39.3 Å². The van der Waals surface area contributed by atoms with E-state index in [0.717, 1.165) is 34.6 Å². The van der Waals surface area contributed by atoms with E-state index in [9.17, 15) is 4.79 Å². The van der Waals surface area contributed by atoms with Gasteiger partial charge in [-0.1, -0.05) is 30.3 Å². The number of nitrogens with zero attached hydrogens (tertiary/aromatic N) is 3. The summed E-state index contributed by atoms with van der Waals surface area (Å²) < 4.78 is 4.20. The van der Waals surface area contributed by atoms with Crippen LogP contribution in [0.5, 0.6) is 0 Å². The number of carbonyl (C=O) groups excluding carboxylic acids is 1. The average molecular weight is 331 g/mol. The Labute approximate surface area is 146 Å². The minimum Gasteiger partial charge on any atom is -0.310 e. The normalized spacial score (nSPS) is 11.5. The van der Waals surface area contributed by atoms with Crippen LogP contribution < -0.4 is 0 Å². The SMILES string of the molecule is CCn1c2cc(C)c(C)cc2n2c(C(C)=O)c(-c3ccccc3)nc12. The summed E-state index contributed by atoms with van der Waals surface area (Å²) in [6, 6.07) is 14.3. The summed E-state index contributed by atoms with van der Waals surface area (Å²) in [6.07, 6.45) is 0. The maximum Gasteiger partial charge on any atom is 0.216 e. The number of fused-ring (bicyclic) bond motifs is 3. The number of benzene rings is 2. The van der Waals surface area contributed by atoms with Gasteiger partial charge in [0.25, 0.3) is 0 Å². The predicted octanol–water partition coefficient (Wildman–Crippen LogP) is 4.80. The number of rotatable bonds is 3. The molecule has 0 aliphatic rings. The molecule has 0 amide bonds. The molecule has 0 unspecified atom stereocenters. The van der Waals surface area contributed by atoms with Crippen LogP contribution in [0.4, 0.5) is 0 Å². The minimum absolute atomic E-state index is 0.0275. The van der Waals surface area contributed by atoms with Crippen molar-refractivity contribution in [2.45, 2.75) is 34.2 Å². The summed E-state index contributed by atoms with van der Waals surface area (Å²) in [5, 5.41) is 0. The molecule has 0 fully saturated rings. The molecule has 0 aliphatic heterocycles. The Bertz CT molecular complexity index is 1120. The number of imidazole rings is 2. The number of aromatic nitrogens is 3. The van der Waals surface area contributed by atoms with Crippen molar-refractivity contribution in [1.29, 1.82) is 0 Å². The fourth-order valence-corrected chi connectivity index (χ4v) is 3.54. The Morgan fingerprint density at radius 3 is 2.28 bits per heavy atom. The van der Waals surface area contributed by atoms with Gasteiger partial charge in [-0.15, -0.1) is 0 Å². The fraction of sp³-hybridized carbons (Fsp3) is 0.238. The van der Waals surface area contributed by atoms with Crippen LogP contribution in [0.2, 0.25) is 0 Å². The highest BCUT2D eigenvalue weighted by Gasteiger charge is 2.23. The first kappa shape index (κ1) is 15.6. The van der Waals surface area contributed by atoms with Gasteiger partial charge < -0.3 is 4.57 Å². The van der Waals surface area contributed by atoms with Gasteiger partial charge in [0.15, 0.2) is 5.78 Å². The van der Waals surface area contributed by atoms with E-state index in [1.807, 2.05) is 34.7 Å². The Hall–Kier alpha value is -2.88. The molecular formula is C21H21N3O. The highest BCUT2D eigenvalue weighted by Crippen LogP contribution is 2.31. The molecule has 0 saturated carbocycles. The molecule has 4 heteroatoms. The molecule has 2 heterocycles. The third-order valence-corrected chi connectivity index (χ3v) is 4.92. The standard InChI is InChI=1S/C21H21N3O/c1-5-23-17-11-13(2)14(3)12-18(17)24-20(15(4)25)19(22-21(23)24)16-9-7-6-8-10-16/h6-12H,5H2,1-4H3. The van der Waals surface area contributed by atoms with Gasteiger partial charge in [-0.3, -0.25) is 9.20 Å². The Kier molecular flexibility index (Phi) is 3.49. The zero-order valence-corrected chi connectivity index (χ0v) is 15.0.